The third kappa shape index (κ3) is 2.86. The smallest absolute Gasteiger partial charge is 0.323 e. The Morgan fingerprint density at radius 2 is 2.23 bits per heavy atom. The van der Waals surface area contributed by atoms with Crippen LogP contribution in [0.3, 0.4) is 0 Å². The molecule has 1 unspecified atom stereocenters. The standard InChI is InChI=1S/C15H16N4O2S/c1-16-12-6-5-11(21-2)8-10(12)9-22(20)15-18-13-4-3-7-17-14(13)19-15/h3-8,16H,9H2,1-2H3,(H,17,18,19). The maximum atomic E-state index is 12.6. The van der Waals surface area contributed by atoms with Crippen molar-refractivity contribution in [2.45, 2.75) is 10.9 Å². The van der Waals surface area contributed by atoms with E-state index in [1.165, 1.54) is 0 Å². The van der Waals surface area contributed by atoms with Gasteiger partial charge in [0.2, 0.25) is 0 Å². The van der Waals surface area contributed by atoms with E-state index in [0.717, 1.165) is 22.5 Å². The summed E-state index contributed by atoms with van der Waals surface area (Å²) < 4.78 is 17.8. The summed E-state index contributed by atoms with van der Waals surface area (Å²) in [6.45, 7) is 0. The normalized spacial score (nSPS) is 12.3. The molecule has 0 aliphatic rings. The molecule has 2 N–H and O–H groups in total. The Morgan fingerprint density at radius 1 is 1.36 bits per heavy atom. The number of ether oxygens (including phenoxy) is 1. The Labute approximate surface area is 131 Å². The van der Waals surface area contributed by atoms with E-state index in [2.05, 4.69) is 20.3 Å². The number of imidazole rings is 1. The van der Waals surface area contributed by atoms with Gasteiger partial charge in [0, 0.05) is 35.7 Å². The molecule has 0 amide bonds. The molecule has 0 spiro atoms. The van der Waals surface area contributed by atoms with Crippen LogP contribution in [0, 0.1) is 0 Å². The molecular weight excluding hydrogens is 300 g/mol. The summed E-state index contributed by atoms with van der Waals surface area (Å²) in [5, 5.41) is 3.53. The number of hydrogen-bond donors (Lipinski definition) is 2. The van der Waals surface area contributed by atoms with Crippen LogP contribution in [-0.4, -0.2) is 33.7 Å². The van der Waals surface area contributed by atoms with Crippen molar-refractivity contribution in [2.75, 3.05) is 19.5 Å². The van der Waals surface area contributed by atoms with E-state index in [-0.39, 0.29) is 0 Å². The van der Waals surface area contributed by atoms with Gasteiger partial charge in [0.05, 0.1) is 12.6 Å². The van der Waals surface area contributed by atoms with Crippen LogP contribution in [0.25, 0.3) is 11.2 Å². The number of hydrogen-bond acceptors (Lipinski definition) is 5. The first kappa shape index (κ1) is 14.7. The molecule has 0 radical (unpaired) electrons. The summed E-state index contributed by atoms with van der Waals surface area (Å²) in [6, 6.07) is 9.33. The fourth-order valence-corrected chi connectivity index (χ4v) is 3.27. The second kappa shape index (κ2) is 6.25. The van der Waals surface area contributed by atoms with E-state index >= 15 is 0 Å². The molecule has 3 rings (SSSR count). The van der Waals surface area contributed by atoms with Crippen LogP contribution in [0.4, 0.5) is 5.69 Å². The van der Waals surface area contributed by atoms with Gasteiger partial charge in [-0.15, -0.1) is 0 Å². The Hall–Kier alpha value is -2.25. The second-order valence-electron chi connectivity index (χ2n) is 4.68. The Morgan fingerprint density at radius 3 is 2.95 bits per heavy atom. The number of methoxy groups -OCH3 is 1. The summed E-state index contributed by atoms with van der Waals surface area (Å²) >= 11 is -1.29. The molecule has 0 fully saturated rings. The highest BCUT2D eigenvalue weighted by Gasteiger charge is 2.19. The number of H-pyrrole nitrogens is 1. The van der Waals surface area contributed by atoms with Crippen LogP contribution in [0.5, 0.6) is 5.75 Å². The number of fused-ring (bicyclic) bond motifs is 1. The van der Waals surface area contributed by atoms with Crippen molar-refractivity contribution < 1.29 is 9.29 Å². The van der Waals surface area contributed by atoms with E-state index in [0.29, 0.717) is 16.6 Å². The molecular formula is C15H16N4O2S. The highest BCUT2D eigenvalue weighted by atomic mass is 32.2. The molecule has 2 aromatic heterocycles. The minimum atomic E-state index is -1.29. The lowest BCUT2D eigenvalue weighted by Crippen LogP contribution is -2.09. The zero-order valence-electron chi connectivity index (χ0n) is 12.3. The maximum Gasteiger partial charge on any atom is 0.323 e. The fraction of sp³-hybridized carbons (Fsp3) is 0.200. The minimum Gasteiger partial charge on any atom is -0.609 e. The molecule has 0 aliphatic heterocycles. The number of benzene rings is 1. The molecule has 1 atom stereocenters. The molecule has 22 heavy (non-hydrogen) atoms. The van der Waals surface area contributed by atoms with Crippen LogP contribution in [0.1, 0.15) is 5.56 Å². The molecule has 0 saturated carbocycles. The number of aromatic nitrogens is 3. The summed E-state index contributed by atoms with van der Waals surface area (Å²) in [6.07, 6.45) is 1.66. The number of nitrogens with one attached hydrogen (secondary N) is 2. The summed E-state index contributed by atoms with van der Waals surface area (Å²) in [5.41, 5.74) is 3.19. The van der Waals surface area contributed by atoms with Crippen molar-refractivity contribution in [1.82, 2.24) is 15.0 Å². The van der Waals surface area contributed by atoms with Crippen molar-refractivity contribution in [3.8, 4) is 5.75 Å². The van der Waals surface area contributed by atoms with Crippen molar-refractivity contribution in [3.63, 3.8) is 0 Å². The van der Waals surface area contributed by atoms with Gasteiger partial charge in [0.25, 0.3) is 0 Å². The molecule has 0 bridgehead atoms. The largest absolute Gasteiger partial charge is 0.609 e. The van der Waals surface area contributed by atoms with Gasteiger partial charge in [-0.25, -0.2) is 4.98 Å². The molecule has 0 saturated heterocycles. The van der Waals surface area contributed by atoms with Gasteiger partial charge in [0.1, 0.15) is 11.5 Å². The monoisotopic (exact) mass is 316 g/mol. The van der Waals surface area contributed by atoms with Crippen molar-refractivity contribution in [3.05, 3.63) is 42.1 Å². The molecule has 6 nitrogen and oxygen atoms in total. The number of pyridine rings is 1. The third-order valence-electron chi connectivity index (χ3n) is 3.32. The van der Waals surface area contributed by atoms with E-state index in [9.17, 15) is 4.55 Å². The van der Waals surface area contributed by atoms with Crippen LogP contribution in [0.2, 0.25) is 0 Å². The van der Waals surface area contributed by atoms with Crippen LogP contribution < -0.4 is 10.1 Å². The third-order valence-corrected chi connectivity index (χ3v) is 4.52. The quantitative estimate of drug-likeness (QED) is 0.706. The van der Waals surface area contributed by atoms with Gasteiger partial charge in [-0.1, -0.05) is 0 Å². The SMILES string of the molecule is CNc1ccc(OC)cc1C[S+]([O-])c1nc2ncccc2[nH]1. The Kier molecular flexibility index (Phi) is 4.17. The van der Waals surface area contributed by atoms with E-state index in [1.54, 1.807) is 13.3 Å². The number of rotatable bonds is 5. The predicted octanol–water partition coefficient (Wildman–Crippen LogP) is 2.32. The Bertz CT molecular complexity index is 757. The van der Waals surface area contributed by atoms with Gasteiger partial charge >= 0.3 is 5.16 Å². The molecule has 3 aromatic rings. The average Bonchev–Trinajstić information content (AvgIpc) is 2.99. The lowest BCUT2D eigenvalue weighted by atomic mass is 10.2. The molecule has 1 aromatic carbocycles. The van der Waals surface area contributed by atoms with Crippen LogP contribution in [-0.2, 0) is 16.9 Å². The zero-order valence-corrected chi connectivity index (χ0v) is 13.1. The van der Waals surface area contributed by atoms with Crippen molar-refractivity contribution in [2.24, 2.45) is 0 Å². The highest BCUT2D eigenvalue weighted by molar-refractivity contribution is 7.90. The number of nitrogens with zero attached hydrogens (tertiary/aromatic N) is 2. The highest BCUT2D eigenvalue weighted by Crippen LogP contribution is 2.26. The minimum absolute atomic E-state index is 0.340. The Balaban J connectivity index is 1.88. The molecule has 114 valence electrons. The zero-order chi connectivity index (χ0) is 15.5. The van der Waals surface area contributed by atoms with Crippen LogP contribution >= 0.6 is 0 Å². The summed E-state index contributed by atoms with van der Waals surface area (Å²) in [5.74, 6) is 1.07. The second-order valence-corrected chi connectivity index (χ2v) is 6.05. The molecule has 7 heteroatoms. The average molecular weight is 316 g/mol. The van der Waals surface area contributed by atoms with Gasteiger partial charge in [-0.05, 0) is 30.3 Å². The molecule has 2 heterocycles. The van der Waals surface area contributed by atoms with Gasteiger partial charge in [-0.3, -0.25) is 4.98 Å². The summed E-state index contributed by atoms with van der Waals surface area (Å²) in [4.78, 5) is 11.5. The lowest BCUT2D eigenvalue weighted by molar-refractivity contribution is 0.414. The van der Waals surface area contributed by atoms with Crippen LogP contribution in [0.15, 0.2) is 41.7 Å². The predicted molar refractivity (Wildman–Crippen MR) is 86.5 cm³/mol. The van der Waals surface area contributed by atoms with E-state index in [1.807, 2.05) is 37.4 Å². The maximum absolute atomic E-state index is 12.6. The lowest BCUT2D eigenvalue weighted by Gasteiger charge is -2.12. The first-order chi connectivity index (χ1) is 10.7. The van der Waals surface area contributed by atoms with Crippen molar-refractivity contribution in [1.29, 1.82) is 0 Å². The van der Waals surface area contributed by atoms with Crippen molar-refractivity contribution >= 4 is 28.0 Å². The van der Waals surface area contributed by atoms with E-state index < -0.39 is 11.2 Å². The van der Waals surface area contributed by atoms with E-state index in [4.69, 9.17) is 4.74 Å². The number of aromatic amines is 1. The molecule has 0 aliphatic carbocycles. The first-order valence-electron chi connectivity index (χ1n) is 6.75. The topological polar surface area (TPSA) is 85.9 Å². The van der Waals surface area contributed by atoms with Gasteiger partial charge in [0.15, 0.2) is 5.65 Å². The fourth-order valence-electron chi connectivity index (χ4n) is 2.20. The summed E-state index contributed by atoms with van der Waals surface area (Å²) in [7, 11) is 3.44. The van der Waals surface area contributed by atoms with Gasteiger partial charge in [-0.2, -0.15) is 4.98 Å². The number of anilines is 1. The first-order valence-corrected chi connectivity index (χ1v) is 8.07. The van der Waals surface area contributed by atoms with Gasteiger partial charge < -0.3 is 14.6 Å².